The van der Waals surface area contributed by atoms with E-state index in [1.165, 1.54) is 4.57 Å². The molecule has 0 atom stereocenters. The van der Waals surface area contributed by atoms with Crippen LogP contribution in [0.15, 0.2) is 150 Å². The van der Waals surface area contributed by atoms with Crippen LogP contribution >= 0.6 is 0 Å². The van der Waals surface area contributed by atoms with E-state index in [9.17, 15) is 9.59 Å². The molecule has 0 saturated carbocycles. The second kappa shape index (κ2) is 9.89. The molecular formula is C39H24N2O2. The van der Waals surface area contributed by atoms with Gasteiger partial charge in [-0.1, -0.05) is 109 Å². The number of fused-ring (bicyclic) bond motifs is 4. The Kier molecular flexibility index (Phi) is 5.73. The molecule has 43 heavy (non-hydrogen) atoms. The highest BCUT2D eigenvalue weighted by Gasteiger charge is 2.30. The smallest absolute Gasteiger partial charge is 0.266 e. The van der Waals surface area contributed by atoms with Gasteiger partial charge in [-0.3, -0.25) is 14.2 Å². The predicted octanol–water partition coefficient (Wildman–Crippen LogP) is 8.60. The van der Waals surface area contributed by atoms with Crippen LogP contribution in [0.4, 0.5) is 0 Å². The summed E-state index contributed by atoms with van der Waals surface area (Å²) in [6.45, 7) is 0. The van der Waals surface area contributed by atoms with E-state index in [0.717, 1.165) is 44.5 Å². The van der Waals surface area contributed by atoms with Crippen molar-refractivity contribution < 1.29 is 4.79 Å². The SMILES string of the molecule is O=C1c2ccc(-c3cccc(-c4ccccc4)c3)cc2-n2c1nc1ccc(-c3cccc(-c4ccccc4)c3)cc1c2=O. The van der Waals surface area contributed by atoms with Crippen molar-refractivity contribution in [3.8, 4) is 50.2 Å². The molecule has 4 nitrogen and oxygen atoms in total. The van der Waals surface area contributed by atoms with E-state index in [0.29, 0.717) is 22.2 Å². The zero-order valence-electron chi connectivity index (χ0n) is 23.1. The molecule has 0 aliphatic carbocycles. The Labute approximate surface area is 248 Å². The lowest BCUT2D eigenvalue weighted by Crippen LogP contribution is -2.21. The number of aromatic nitrogens is 2. The van der Waals surface area contributed by atoms with Gasteiger partial charge in [0.25, 0.3) is 5.56 Å². The Balaban J connectivity index is 1.24. The van der Waals surface area contributed by atoms with Crippen molar-refractivity contribution in [1.82, 2.24) is 9.55 Å². The van der Waals surface area contributed by atoms with Crippen molar-refractivity contribution in [2.75, 3.05) is 0 Å². The average molecular weight is 553 g/mol. The molecule has 2 heterocycles. The second-order valence-electron chi connectivity index (χ2n) is 10.8. The van der Waals surface area contributed by atoms with Gasteiger partial charge >= 0.3 is 0 Å². The van der Waals surface area contributed by atoms with E-state index >= 15 is 0 Å². The van der Waals surface area contributed by atoms with Crippen molar-refractivity contribution in [3.63, 3.8) is 0 Å². The molecule has 7 aromatic rings. The molecule has 0 saturated heterocycles. The minimum atomic E-state index is -0.247. The van der Waals surface area contributed by atoms with Crippen molar-refractivity contribution in [3.05, 3.63) is 167 Å². The van der Waals surface area contributed by atoms with Gasteiger partial charge in [-0.2, -0.15) is 0 Å². The van der Waals surface area contributed by atoms with E-state index in [1.807, 2.05) is 97.1 Å². The van der Waals surface area contributed by atoms with Gasteiger partial charge in [0.1, 0.15) is 0 Å². The van der Waals surface area contributed by atoms with Gasteiger partial charge < -0.3 is 0 Å². The summed E-state index contributed by atoms with van der Waals surface area (Å²) in [7, 11) is 0. The van der Waals surface area contributed by atoms with Crippen LogP contribution in [-0.4, -0.2) is 15.3 Å². The fourth-order valence-corrected chi connectivity index (χ4v) is 5.97. The van der Waals surface area contributed by atoms with Gasteiger partial charge in [-0.05, 0) is 80.9 Å². The van der Waals surface area contributed by atoms with Crippen molar-refractivity contribution in [2.24, 2.45) is 0 Å². The highest BCUT2D eigenvalue weighted by molar-refractivity contribution is 6.13. The molecular weight excluding hydrogens is 528 g/mol. The molecule has 1 aromatic heterocycles. The van der Waals surface area contributed by atoms with Crippen LogP contribution < -0.4 is 5.56 Å². The van der Waals surface area contributed by atoms with Crippen molar-refractivity contribution in [2.45, 2.75) is 0 Å². The number of rotatable bonds is 4. The lowest BCUT2D eigenvalue weighted by atomic mass is 9.97. The number of benzene rings is 6. The van der Waals surface area contributed by atoms with E-state index in [-0.39, 0.29) is 17.2 Å². The topological polar surface area (TPSA) is 52.0 Å². The van der Waals surface area contributed by atoms with Gasteiger partial charge in [0.05, 0.1) is 22.2 Å². The van der Waals surface area contributed by atoms with Gasteiger partial charge in [-0.25, -0.2) is 4.98 Å². The monoisotopic (exact) mass is 552 g/mol. The number of carbonyl (C=O) groups is 1. The molecule has 1 aliphatic heterocycles. The fraction of sp³-hybridized carbons (Fsp3) is 0. The van der Waals surface area contributed by atoms with Crippen LogP contribution in [0.2, 0.25) is 0 Å². The molecule has 1 aliphatic rings. The highest BCUT2D eigenvalue weighted by Crippen LogP contribution is 2.34. The van der Waals surface area contributed by atoms with Crippen LogP contribution in [0.1, 0.15) is 16.2 Å². The molecule has 4 heteroatoms. The standard InChI is InChI=1S/C39H24N2O2/c42-37-33-19-17-32(30-16-8-14-28(22-30)26-11-5-2-6-12-26)24-36(33)41-38(37)40-35-20-18-31(23-34(35)39(41)43)29-15-7-13-27(21-29)25-9-3-1-4-10-25/h1-24H. The number of ketones is 1. The summed E-state index contributed by atoms with van der Waals surface area (Å²) in [5.74, 6) is -0.0836. The molecule has 0 fully saturated rings. The zero-order valence-corrected chi connectivity index (χ0v) is 23.1. The highest BCUT2D eigenvalue weighted by atomic mass is 16.1. The van der Waals surface area contributed by atoms with Crippen molar-refractivity contribution >= 4 is 16.7 Å². The summed E-state index contributed by atoms with van der Waals surface area (Å²) in [4.78, 5) is 32.1. The third kappa shape index (κ3) is 4.20. The Bertz CT molecular complexity index is 2270. The van der Waals surface area contributed by atoms with Gasteiger partial charge in [-0.15, -0.1) is 0 Å². The number of nitrogens with zero attached hydrogens (tertiary/aromatic N) is 2. The molecule has 0 bridgehead atoms. The zero-order chi connectivity index (χ0) is 28.9. The number of carbonyl (C=O) groups excluding carboxylic acids is 1. The quantitative estimate of drug-likeness (QED) is 0.220. The maximum atomic E-state index is 14.1. The first-order chi connectivity index (χ1) is 21.1. The van der Waals surface area contributed by atoms with Crippen LogP contribution in [0.5, 0.6) is 0 Å². The van der Waals surface area contributed by atoms with E-state index in [4.69, 9.17) is 0 Å². The number of hydrogen-bond acceptors (Lipinski definition) is 3. The Hall–Kier alpha value is -5.87. The first kappa shape index (κ1) is 24.9. The summed E-state index contributed by atoms with van der Waals surface area (Å²) < 4.78 is 1.48. The molecule has 0 spiro atoms. The third-order valence-electron chi connectivity index (χ3n) is 8.16. The largest absolute Gasteiger partial charge is 0.285 e. The normalized spacial score (nSPS) is 11.9. The lowest BCUT2D eigenvalue weighted by molar-refractivity contribution is 0.103. The van der Waals surface area contributed by atoms with Gasteiger partial charge in [0, 0.05) is 0 Å². The molecule has 0 unspecified atom stereocenters. The summed E-state index contributed by atoms with van der Waals surface area (Å²) in [5, 5.41) is 0.475. The molecule has 202 valence electrons. The molecule has 0 amide bonds. The average Bonchev–Trinajstić information content (AvgIpc) is 3.36. The van der Waals surface area contributed by atoms with Gasteiger partial charge in [0.2, 0.25) is 5.78 Å². The fourth-order valence-electron chi connectivity index (χ4n) is 5.97. The maximum Gasteiger partial charge on any atom is 0.266 e. The van der Waals surface area contributed by atoms with Crippen molar-refractivity contribution in [1.29, 1.82) is 0 Å². The summed E-state index contributed by atoms with van der Waals surface area (Å²) in [6, 6.07) is 48.3. The Morgan fingerprint density at radius 2 is 0.930 bits per heavy atom. The molecule has 6 aromatic carbocycles. The predicted molar refractivity (Wildman–Crippen MR) is 173 cm³/mol. The van der Waals surface area contributed by atoms with Crippen LogP contribution in [-0.2, 0) is 0 Å². The minimum Gasteiger partial charge on any atom is -0.285 e. The van der Waals surface area contributed by atoms with Crippen LogP contribution in [0.3, 0.4) is 0 Å². The second-order valence-corrected chi connectivity index (χ2v) is 10.8. The van der Waals surface area contributed by atoms with Gasteiger partial charge in [0.15, 0.2) is 5.82 Å². The van der Waals surface area contributed by atoms with E-state index in [1.54, 1.807) is 0 Å². The molecule has 0 N–H and O–H groups in total. The third-order valence-corrected chi connectivity index (χ3v) is 8.16. The summed E-state index contributed by atoms with van der Waals surface area (Å²) >= 11 is 0. The Morgan fingerprint density at radius 1 is 0.442 bits per heavy atom. The van der Waals surface area contributed by atoms with E-state index in [2.05, 4.69) is 53.5 Å². The molecule has 0 radical (unpaired) electrons. The first-order valence-corrected chi connectivity index (χ1v) is 14.2. The molecule has 8 rings (SSSR count). The van der Waals surface area contributed by atoms with Crippen LogP contribution in [0.25, 0.3) is 61.1 Å². The van der Waals surface area contributed by atoms with Crippen LogP contribution in [0, 0.1) is 0 Å². The summed E-state index contributed by atoms with van der Waals surface area (Å²) in [6.07, 6.45) is 0. The minimum absolute atomic E-state index is 0.154. The van der Waals surface area contributed by atoms with E-state index < -0.39 is 0 Å². The Morgan fingerprint density at radius 3 is 1.53 bits per heavy atom. The maximum absolute atomic E-state index is 14.1. The first-order valence-electron chi connectivity index (χ1n) is 14.2. The number of hydrogen-bond donors (Lipinski definition) is 0. The summed E-state index contributed by atoms with van der Waals surface area (Å²) in [5.41, 5.74) is 9.63. The lowest BCUT2D eigenvalue weighted by Gasteiger charge is -2.10.